The Balaban J connectivity index is 1.75. The SMILES string of the molecule is COC(=O)c1ccc(COC(=O)/C=C/C(=O)OCc2ccc(C(=O)OC)cc2)cc1. The summed E-state index contributed by atoms with van der Waals surface area (Å²) in [5, 5.41) is 0. The van der Waals surface area contributed by atoms with Gasteiger partial charge in [-0.05, 0) is 35.4 Å². The van der Waals surface area contributed by atoms with Crippen molar-refractivity contribution in [3.05, 3.63) is 82.9 Å². The number of esters is 4. The van der Waals surface area contributed by atoms with Gasteiger partial charge >= 0.3 is 23.9 Å². The van der Waals surface area contributed by atoms with Crippen LogP contribution in [0.5, 0.6) is 0 Å². The maximum Gasteiger partial charge on any atom is 0.337 e. The van der Waals surface area contributed by atoms with E-state index in [0.29, 0.717) is 22.3 Å². The van der Waals surface area contributed by atoms with Crippen LogP contribution in [0.1, 0.15) is 31.8 Å². The maximum atomic E-state index is 11.7. The van der Waals surface area contributed by atoms with Crippen molar-refractivity contribution in [1.82, 2.24) is 0 Å². The van der Waals surface area contributed by atoms with Gasteiger partial charge < -0.3 is 18.9 Å². The number of hydrogen-bond donors (Lipinski definition) is 0. The van der Waals surface area contributed by atoms with Crippen molar-refractivity contribution < 1.29 is 38.1 Å². The van der Waals surface area contributed by atoms with E-state index >= 15 is 0 Å². The summed E-state index contributed by atoms with van der Waals surface area (Å²) in [6, 6.07) is 12.7. The van der Waals surface area contributed by atoms with E-state index in [0.717, 1.165) is 12.2 Å². The van der Waals surface area contributed by atoms with Gasteiger partial charge in [0.2, 0.25) is 0 Å². The lowest BCUT2D eigenvalue weighted by atomic mass is 10.1. The number of carbonyl (C=O) groups is 4. The zero-order valence-electron chi connectivity index (χ0n) is 16.5. The zero-order valence-corrected chi connectivity index (χ0v) is 16.5. The van der Waals surface area contributed by atoms with Crippen molar-refractivity contribution in [3.63, 3.8) is 0 Å². The molecular formula is C22H20O8. The van der Waals surface area contributed by atoms with Crippen molar-refractivity contribution in [2.45, 2.75) is 13.2 Å². The molecule has 0 aromatic heterocycles. The van der Waals surface area contributed by atoms with Crippen molar-refractivity contribution in [2.75, 3.05) is 14.2 Å². The average molecular weight is 412 g/mol. The van der Waals surface area contributed by atoms with Crippen LogP contribution in [0.2, 0.25) is 0 Å². The Bertz CT molecular complexity index is 849. The summed E-state index contributed by atoms with van der Waals surface area (Å²) in [4.78, 5) is 46.1. The van der Waals surface area contributed by atoms with E-state index in [2.05, 4.69) is 9.47 Å². The fraction of sp³-hybridized carbons (Fsp3) is 0.182. The third-order valence-corrected chi connectivity index (χ3v) is 3.87. The van der Waals surface area contributed by atoms with Gasteiger partial charge in [-0.15, -0.1) is 0 Å². The summed E-state index contributed by atoms with van der Waals surface area (Å²) < 4.78 is 19.2. The van der Waals surface area contributed by atoms with Gasteiger partial charge in [0.25, 0.3) is 0 Å². The van der Waals surface area contributed by atoms with Crippen molar-refractivity contribution >= 4 is 23.9 Å². The van der Waals surface area contributed by atoms with E-state index in [-0.39, 0.29) is 13.2 Å². The van der Waals surface area contributed by atoms with Gasteiger partial charge in [0, 0.05) is 12.2 Å². The Morgan fingerprint density at radius 2 is 0.967 bits per heavy atom. The van der Waals surface area contributed by atoms with Crippen LogP contribution in [-0.2, 0) is 41.8 Å². The largest absolute Gasteiger partial charge is 0.465 e. The second kappa shape index (κ2) is 11.2. The van der Waals surface area contributed by atoms with Crippen LogP contribution in [0, 0.1) is 0 Å². The van der Waals surface area contributed by atoms with Crippen LogP contribution in [0.4, 0.5) is 0 Å². The van der Waals surface area contributed by atoms with E-state index in [1.165, 1.54) is 14.2 Å². The lowest BCUT2D eigenvalue weighted by Gasteiger charge is -2.04. The predicted molar refractivity (Wildman–Crippen MR) is 104 cm³/mol. The third kappa shape index (κ3) is 6.90. The van der Waals surface area contributed by atoms with Gasteiger partial charge in [0.1, 0.15) is 13.2 Å². The average Bonchev–Trinajstić information content (AvgIpc) is 2.79. The fourth-order valence-electron chi connectivity index (χ4n) is 2.25. The van der Waals surface area contributed by atoms with Crippen LogP contribution >= 0.6 is 0 Å². The number of carbonyl (C=O) groups excluding carboxylic acids is 4. The Morgan fingerprint density at radius 3 is 1.27 bits per heavy atom. The molecule has 0 saturated heterocycles. The molecule has 0 bridgehead atoms. The first-order valence-electron chi connectivity index (χ1n) is 8.79. The molecule has 8 heteroatoms. The summed E-state index contributed by atoms with van der Waals surface area (Å²) in [5.74, 6) is -2.35. The highest BCUT2D eigenvalue weighted by atomic mass is 16.5. The van der Waals surface area contributed by atoms with E-state index in [4.69, 9.17) is 9.47 Å². The standard InChI is InChI=1S/C22H20O8/c1-27-21(25)17-7-3-15(4-8-17)13-29-19(23)11-12-20(24)30-14-16-5-9-18(10-6-16)22(26)28-2/h3-12H,13-14H2,1-2H3/b12-11+. The van der Waals surface area contributed by atoms with Gasteiger partial charge in [-0.25, -0.2) is 19.2 Å². The summed E-state index contributed by atoms with van der Waals surface area (Å²) in [7, 11) is 2.58. The minimum absolute atomic E-state index is 0.0216. The molecule has 0 aliphatic carbocycles. The van der Waals surface area contributed by atoms with Gasteiger partial charge in [-0.1, -0.05) is 24.3 Å². The minimum atomic E-state index is -0.716. The molecule has 0 unspecified atom stereocenters. The van der Waals surface area contributed by atoms with Gasteiger partial charge in [0.05, 0.1) is 25.3 Å². The summed E-state index contributed by atoms with van der Waals surface area (Å²) >= 11 is 0. The normalized spacial score (nSPS) is 10.3. The van der Waals surface area contributed by atoms with Crippen LogP contribution in [0.15, 0.2) is 60.7 Å². The number of benzene rings is 2. The number of methoxy groups -OCH3 is 2. The first-order valence-corrected chi connectivity index (χ1v) is 8.79. The molecule has 2 aromatic rings. The maximum absolute atomic E-state index is 11.7. The van der Waals surface area contributed by atoms with E-state index in [1.807, 2.05) is 0 Å². The molecule has 8 nitrogen and oxygen atoms in total. The second-order valence-electron chi connectivity index (χ2n) is 5.93. The smallest absolute Gasteiger partial charge is 0.337 e. The molecule has 0 N–H and O–H groups in total. The molecule has 0 aliphatic rings. The first kappa shape index (κ1) is 22.4. The monoisotopic (exact) mass is 412 g/mol. The lowest BCUT2D eigenvalue weighted by molar-refractivity contribution is -0.141. The van der Waals surface area contributed by atoms with Crippen LogP contribution in [-0.4, -0.2) is 38.1 Å². The molecule has 156 valence electrons. The second-order valence-corrected chi connectivity index (χ2v) is 5.93. The Hall–Kier alpha value is -3.94. The number of ether oxygens (including phenoxy) is 4. The Labute approximate surface area is 173 Å². The Morgan fingerprint density at radius 1 is 0.633 bits per heavy atom. The molecule has 0 heterocycles. The first-order chi connectivity index (χ1) is 14.4. The lowest BCUT2D eigenvalue weighted by Crippen LogP contribution is -2.06. The van der Waals surface area contributed by atoms with Crippen LogP contribution < -0.4 is 0 Å². The highest BCUT2D eigenvalue weighted by Crippen LogP contribution is 2.08. The van der Waals surface area contributed by atoms with Crippen molar-refractivity contribution in [2.24, 2.45) is 0 Å². The molecule has 0 atom stereocenters. The minimum Gasteiger partial charge on any atom is -0.465 e. The molecule has 0 saturated carbocycles. The molecule has 0 fully saturated rings. The third-order valence-electron chi connectivity index (χ3n) is 3.87. The molecule has 0 amide bonds. The van der Waals surface area contributed by atoms with Gasteiger partial charge in [-0.2, -0.15) is 0 Å². The summed E-state index contributed by atoms with van der Waals surface area (Å²) in [6.07, 6.45) is 1.93. The molecule has 2 rings (SSSR count). The fourth-order valence-corrected chi connectivity index (χ4v) is 2.25. The quantitative estimate of drug-likeness (QED) is 0.370. The molecule has 30 heavy (non-hydrogen) atoms. The zero-order chi connectivity index (χ0) is 21.9. The molecule has 0 radical (unpaired) electrons. The van der Waals surface area contributed by atoms with E-state index < -0.39 is 23.9 Å². The number of hydrogen-bond acceptors (Lipinski definition) is 8. The van der Waals surface area contributed by atoms with Crippen molar-refractivity contribution in [1.29, 1.82) is 0 Å². The molecule has 0 aliphatic heterocycles. The molecule has 0 spiro atoms. The van der Waals surface area contributed by atoms with Crippen molar-refractivity contribution in [3.8, 4) is 0 Å². The topological polar surface area (TPSA) is 105 Å². The summed E-state index contributed by atoms with van der Waals surface area (Å²) in [6.45, 7) is -0.0432. The molecular weight excluding hydrogens is 392 g/mol. The van der Waals surface area contributed by atoms with Crippen LogP contribution in [0.3, 0.4) is 0 Å². The van der Waals surface area contributed by atoms with Gasteiger partial charge in [0.15, 0.2) is 0 Å². The van der Waals surface area contributed by atoms with Gasteiger partial charge in [-0.3, -0.25) is 0 Å². The molecule has 2 aromatic carbocycles. The van der Waals surface area contributed by atoms with E-state index in [9.17, 15) is 19.2 Å². The highest BCUT2D eigenvalue weighted by Gasteiger charge is 2.07. The van der Waals surface area contributed by atoms with Crippen LogP contribution in [0.25, 0.3) is 0 Å². The summed E-state index contributed by atoms with van der Waals surface area (Å²) in [5.41, 5.74) is 2.11. The van der Waals surface area contributed by atoms with E-state index in [1.54, 1.807) is 48.5 Å². The predicted octanol–water partition coefficient (Wildman–Crippen LogP) is 2.60. The Kier molecular flexibility index (Phi) is 8.31. The highest BCUT2D eigenvalue weighted by molar-refractivity contribution is 5.92. The number of rotatable bonds is 8.